The molecule has 3 N–H and O–H groups in total. The monoisotopic (exact) mass is 572 g/mol. The molecule has 212 valence electrons. The Morgan fingerprint density at radius 3 is 2.83 bits per heavy atom. The Hall–Kier alpha value is -3.56. The predicted octanol–water partition coefficient (Wildman–Crippen LogP) is 4.25. The summed E-state index contributed by atoms with van der Waals surface area (Å²) >= 11 is 0.461. The van der Waals surface area contributed by atoms with Gasteiger partial charge in [-0.2, -0.15) is 8.78 Å². The van der Waals surface area contributed by atoms with Gasteiger partial charge >= 0.3 is 0 Å². The summed E-state index contributed by atoms with van der Waals surface area (Å²) in [4.78, 5) is 18.5. The van der Waals surface area contributed by atoms with E-state index in [9.17, 15) is 18.0 Å². The first-order valence-electron chi connectivity index (χ1n) is 13.0. The van der Waals surface area contributed by atoms with Gasteiger partial charge in [0.2, 0.25) is 0 Å². The molecule has 0 aliphatic carbocycles. The second kappa shape index (κ2) is 11.5. The lowest BCUT2D eigenvalue weighted by Crippen LogP contribution is -2.46. The van der Waals surface area contributed by atoms with Gasteiger partial charge in [-0.05, 0) is 67.9 Å². The highest BCUT2D eigenvalue weighted by molar-refractivity contribution is 8.00. The summed E-state index contributed by atoms with van der Waals surface area (Å²) in [6, 6.07) is 8.20. The molecule has 1 fully saturated rings. The summed E-state index contributed by atoms with van der Waals surface area (Å²) in [5.41, 5.74) is 3.10. The number of nitrogens with zero attached hydrogens (tertiary/aromatic N) is 3. The van der Waals surface area contributed by atoms with E-state index < -0.39 is 17.5 Å². The third-order valence-corrected chi connectivity index (χ3v) is 8.15. The highest BCUT2D eigenvalue weighted by Crippen LogP contribution is 2.44. The minimum Gasteiger partial charge on any atom is -0.495 e. The number of aryl methyl sites for hydroxylation is 1. The van der Waals surface area contributed by atoms with Gasteiger partial charge in [0.05, 0.1) is 31.1 Å². The number of amides is 1. The number of hydrogen-bond donors (Lipinski definition) is 3. The number of imidazole rings is 1. The Bertz CT molecular complexity index is 1480. The van der Waals surface area contributed by atoms with E-state index in [0.29, 0.717) is 58.8 Å². The Morgan fingerprint density at radius 2 is 2.08 bits per heavy atom. The van der Waals surface area contributed by atoms with Crippen LogP contribution in [-0.4, -0.2) is 78.5 Å². The number of ether oxygens (including phenoxy) is 1. The highest BCUT2D eigenvalue weighted by Gasteiger charge is 2.37. The number of anilines is 2. The van der Waals surface area contributed by atoms with Crippen LogP contribution in [0, 0.1) is 11.8 Å². The van der Waals surface area contributed by atoms with Crippen LogP contribution in [0.3, 0.4) is 0 Å². The molecule has 1 aromatic carbocycles. The molecular formula is C28H31F3N6O2S. The fraction of sp³-hybridized carbons (Fsp3) is 0.429. The van der Waals surface area contributed by atoms with Gasteiger partial charge < -0.3 is 25.6 Å². The number of benzene rings is 1. The molecule has 12 heteroatoms. The number of thioether (sulfide) groups is 1. The summed E-state index contributed by atoms with van der Waals surface area (Å²) in [5, 5.41) is 6.29. The Morgan fingerprint density at radius 1 is 1.27 bits per heavy atom. The third kappa shape index (κ3) is 5.81. The molecule has 2 atom stereocenters. The number of hydrogen-bond acceptors (Lipinski definition) is 7. The molecule has 4 heterocycles. The number of likely N-dealkylation sites (tertiary alicyclic amines) is 1. The van der Waals surface area contributed by atoms with Gasteiger partial charge in [0, 0.05) is 37.8 Å². The van der Waals surface area contributed by atoms with Crippen molar-refractivity contribution < 1.29 is 22.7 Å². The van der Waals surface area contributed by atoms with Crippen LogP contribution in [-0.2, 0) is 6.42 Å². The van der Waals surface area contributed by atoms with E-state index >= 15 is 0 Å². The van der Waals surface area contributed by atoms with E-state index in [1.165, 1.54) is 7.11 Å². The van der Waals surface area contributed by atoms with Gasteiger partial charge in [0.25, 0.3) is 11.2 Å². The molecule has 0 spiro atoms. The molecule has 3 aromatic rings. The standard InChI is InChI=1S/C28H31F3N6O2S/c1-32-26(38)17-6-8-21(24(15-17)39-3)33-13-4-5-23-27-37-18(10-12-28(30,31)40-27)7-9-22(25(37)35-23)34-20-11-14-36(2)16-19(20)29/h6-9,15,19-20,33-34H,10-14,16H2,1-3H3,(H,32,38)/t19-,20+/m0/s1. The number of halogens is 3. The molecule has 2 aromatic heterocycles. The van der Waals surface area contributed by atoms with Gasteiger partial charge in [-0.25, -0.2) is 9.37 Å². The molecule has 0 bridgehead atoms. The number of carbonyl (C=O) groups excluding carboxylic acids is 1. The quantitative estimate of drug-likeness (QED) is 0.381. The SMILES string of the molecule is CNC(=O)c1ccc(NCC#Cc2nc3c(N[C@@H]4CCN(C)C[C@@H]4F)ccc4n3c2SC(F)(F)CC4)c(OC)c1. The molecule has 2 aliphatic rings. The van der Waals surface area contributed by atoms with Crippen LogP contribution in [0.4, 0.5) is 24.5 Å². The van der Waals surface area contributed by atoms with Crippen LogP contribution in [0.15, 0.2) is 35.4 Å². The van der Waals surface area contributed by atoms with Crippen LogP contribution >= 0.6 is 11.8 Å². The van der Waals surface area contributed by atoms with E-state index in [4.69, 9.17) is 4.74 Å². The zero-order valence-electron chi connectivity index (χ0n) is 22.5. The normalized spacial score (nSPS) is 20.2. The Kier molecular flexibility index (Phi) is 8.05. The first-order chi connectivity index (χ1) is 19.2. The largest absolute Gasteiger partial charge is 0.495 e. The zero-order valence-corrected chi connectivity index (χ0v) is 23.3. The minimum absolute atomic E-state index is 0.181. The van der Waals surface area contributed by atoms with E-state index in [2.05, 4.69) is 32.8 Å². The van der Waals surface area contributed by atoms with Crippen molar-refractivity contribution >= 4 is 34.7 Å². The molecule has 2 aliphatic heterocycles. The van der Waals surface area contributed by atoms with Crippen LogP contribution in [0.5, 0.6) is 5.75 Å². The maximum absolute atomic E-state index is 14.8. The van der Waals surface area contributed by atoms with Gasteiger partial charge in [-0.3, -0.25) is 9.20 Å². The van der Waals surface area contributed by atoms with Crippen molar-refractivity contribution in [2.24, 2.45) is 0 Å². The third-order valence-electron chi connectivity index (χ3n) is 7.07. The predicted molar refractivity (Wildman–Crippen MR) is 150 cm³/mol. The summed E-state index contributed by atoms with van der Waals surface area (Å²) in [6.45, 7) is 1.27. The molecule has 1 saturated heterocycles. The van der Waals surface area contributed by atoms with Crippen molar-refractivity contribution in [1.82, 2.24) is 19.6 Å². The van der Waals surface area contributed by atoms with Crippen LogP contribution in [0.1, 0.15) is 34.6 Å². The van der Waals surface area contributed by atoms with Crippen molar-refractivity contribution in [3.63, 3.8) is 0 Å². The number of pyridine rings is 1. The molecule has 0 radical (unpaired) electrons. The number of alkyl halides is 3. The van der Waals surface area contributed by atoms with Crippen LogP contribution in [0.25, 0.3) is 5.65 Å². The second-order valence-electron chi connectivity index (χ2n) is 9.87. The first kappa shape index (κ1) is 28.0. The number of rotatable bonds is 6. The minimum atomic E-state index is -2.98. The smallest absolute Gasteiger partial charge is 0.300 e. The fourth-order valence-electron chi connectivity index (χ4n) is 4.94. The van der Waals surface area contributed by atoms with Gasteiger partial charge in [0.1, 0.15) is 22.6 Å². The average molecular weight is 573 g/mol. The van der Waals surface area contributed by atoms with Crippen LogP contribution in [0.2, 0.25) is 0 Å². The highest BCUT2D eigenvalue weighted by atomic mass is 32.2. The van der Waals surface area contributed by atoms with Crippen molar-refractivity contribution in [1.29, 1.82) is 0 Å². The topological polar surface area (TPSA) is 82.9 Å². The summed E-state index contributed by atoms with van der Waals surface area (Å²) < 4.78 is 51.4. The zero-order chi connectivity index (χ0) is 28.4. The molecule has 8 nitrogen and oxygen atoms in total. The lowest BCUT2D eigenvalue weighted by Gasteiger charge is -2.33. The number of methoxy groups -OCH3 is 1. The van der Waals surface area contributed by atoms with Crippen LogP contribution < -0.4 is 20.7 Å². The van der Waals surface area contributed by atoms with E-state index in [1.807, 2.05) is 11.9 Å². The average Bonchev–Trinajstić information content (AvgIpc) is 3.21. The Labute approximate surface area is 235 Å². The van der Waals surface area contributed by atoms with Gasteiger partial charge in [-0.1, -0.05) is 5.92 Å². The number of aromatic nitrogens is 2. The van der Waals surface area contributed by atoms with Crippen molar-refractivity contribution in [2.75, 3.05) is 51.5 Å². The molecule has 5 rings (SSSR count). The molecule has 40 heavy (non-hydrogen) atoms. The van der Waals surface area contributed by atoms with Gasteiger partial charge in [-0.15, -0.1) is 0 Å². The fourth-order valence-corrected chi connectivity index (χ4v) is 5.92. The molecule has 0 unspecified atom stereocenters. The number of piperidine rings is 1. The second-order valence-corrected chi connectivity index (χ2v) is 11.1. The lowest BCUT2D eigenvalue weighted by molar-refractivity contribution is 0.0957. The summed E-state index contributed by atoms with van der Waals surface area (Å²) in [5.74, 6) is 6.17. The summed E-state index contributed by atoms with van der Waals surface area (Å²) in [7, 11) is 4.94. The van der Waals surface area contributed by atoms with Gasteiger partial charge in [0.15, 0.2) is 5.65 Å². The molecule has 0 saturated carbocycles. The van der Waals surface area contributed by atoms with E-state index in [-0.39, 0.29) is 36.0 Å². The number of carbonyl (C=O) groups is 1. The molecular weight excluding hydrogens is 541 g/mol. The maximum Gasteiger partial charge on any atom is 0.300 e. The van der Waals surface area contributed by atoms with E-state index in [1.54, 1.807) is 41.8 Å². The van der Waals surface area contributed by atoms with Crippen molar-refractivity contribution in [3.8, 4) is 17.6 Å². The number of nitrogens with one attached hydrogen (secondary N) is 3. The van der Waals surface area contributed by atoms with Crippen molar-refractivity contribution in [3.05, 3.63) is 47.3 Å². The maximum atomic E-state index is 14.8. The van der Waals surface area contributed by atoms with Crippen molar-refractivity contribution in [2.45, 2.75) is 41.8 Å². The summed E-state index contributed by atoms with van der Waals surface area (Å²) in [6.07, 6.45) is -0.559. The molecule has 1 amide bonds. The Balaban J connectivity index is 1.43. The van der Waals surface area contributed by atoms with E-state index in [0.717, 1.165) is 6.54 Å². The lowest BCUT2D eigenvalue weighted by atomic mass is 10.0. The first-order valence-corrected chi connectivity index (χ1v) is 13.8.